The van der Waals surface area contributed by atoms with Gasteiger partial charge in [0.05, 0.1) is 5.56 Å². The SMILES string of the molecule is CC(=O)c1ccc(OCC(=O)c2ccc(C)cc2)cc1F. The van der Waals surface area contributed by atoms with Crippen LogP contribution < -0.4 is 4.74 Å². The molecule has 0 aliphatic carbocycles. The molecular formula is C17H15FO3. The lowest BCUT2D eigenvalue weighted by molar-refractivity contribution is 0.0920. The summed E-state index contributed by atoms with van der Waals surface area (Å²) in [5, 5.41) is 0. The summed E-state index contributed by atoms with van der Waals surface area (Å²) < 4.78 is 18.9. The lowest BCUT2D eigenvalue weighted by atomic mass is 10.1. The van der Waals surface area contributed by atoms with Gasteiger partial charge in [0.15, 0.2) is 18.2 Å². The number of hydrogen-bond donors (Lipinski definition) is 0. The predicted molar refractivity (Wildman–Crippen MR) is 77.4 cm³/mol. The van der Waals surface area contributed by atoms with E-state index < -0.39 is 5.82 Å². The monoisotopic (exact) mass is 286 g/mol. The van der Waals surface area contributed by atoms with Gasteiger partial charge in [-0.25, -0.2) is 4.39 Å². The molecule has 0 amide bonds. The van der Waals surface area contributed by atoms with Gasteiger partial charge in [0.2, 0.25) is 0 Å². The fourth-order valence-electron chi connectivity index (χ4n) is 1.84. The van der Waals surface area contributed by atoms with Gasteiger partial charge in [0.1, 0.15) is 11.6 Å². The molecule has 2 rings (SSSR count). The summed E-state index contributed by atoms with van der Waals surface area (Å²) in [7, 11) is 0. The summed E-state index contributed by atoms with van der Waals surface area (Å²) in [6.45, 7) is 3.05. The molecule has 2 aromatic rings. The minimum absolute atomic E-state index is 0.00668. The van der Waals surface area contributed by atoms with Crippen molar-refractivity contribution in [2.24, 2.45) is 0 Å². The Balaban J connectivity index is 2.03. The topological polar surface area (TPSA) is 43.4 Å². The van der Waals surface area contributed by atoms with E-state index in [0.29, 0.717) is 5.56 Å². The van der Waals surface area contributed by atoms with Gasteiger partial charge >= 0.3 is 0 Å². The number of rotatable bonds is 5. The van der Waals surface area contributed by atoms with E-state index in [-0.39, 0.29) is 29.5 Å². The van der Waals surface area contributed by atoms with Gasteiger partial charge in [-0.2, -0.15) is 0 Å². The summed E-state index contributed by atoms with van der Waals surface area (Å²) in [6.07, 6.45) is 0. The molecule has 0 spiro atoms. The molecule has 0 bridgehead atoms. The third-order valence-electron chi connectivity index (χ3n) is 3.06. The molecule has 4 heteroatoms. The number of carbonyl (C=O) groups is 2. The number of Topliss-reactive ketones (excluding diaryl/α,β-unsaturated/α-hetero) is 2. The molecular weight excluding hydrogens is 271 g/mol. The highest BCUT2D eigenvalue weighted by Crippen LogP contribution is 2.17. The fraction of sp³-hybridized carbons (Fsp3) is 0.176. The first-order valence-electron chi connectivity index (χ1n) is 6.50. The van der Waals surface area contributed by atoms with Crippen molar-refractivity contribution in [1.82, 2.24) is 0 Å². The zero-order valence-electron chi connectivity index (χ0n) is 11.9. The minimum atomic E-state index is -0.650. The van der Waals surface area contributed by atoms with E-state index in [1.54, 1.807) is 12.1 Å². The zero-order chi connectivity index (χ0) is 15.4. The molecule has 0 atom stereocenters. The highest BCUT2D eigenvalue weighted by atomic mass is 19.1. The number of hydrogen-bond acceptors (Lipinski definition) is 3. The van der Waals surface area contributed by atoms with Gasteiger partial charge in [-0.1, -0.05) is 29.8 Å². The first-order chi connectivity index (χ1) is 9.97. The van der Waals surface area contributed by atoms with Crippen molar-refractivity contribution in [2.75, 3.05) is 6.61 Å². The Bertz CT molecular complexity index is 675. The summed E-state index contributed by atoms with van der Waals surface area (Å²) in [5.41, 5.74) is 1.61. The molecule has 21 heavy (non-hydrogen) atoms. The zero-order valence-corrected chi connectivity index (χ0v) is 11.9. The lowest BCUT2D eigenvalue weighted by Gasteiger charge is -2.07. The highest BCUT2D eigenvalue weighted by molar-refractivity contribution is 5.97. The highest BCUT2D eigenvalue weighted by Gasteiger charge is 2.10. The molecule has 0 N–H and O–H groups in total. The van der Waals surface area contributed by atoms with Gasteiger partial charge in [0.25, 0.3) is 0 Å². The van der Waals surface area contributed by atoms with E-state index in [1.165, 1.54) is 19.1 Å². The van der Waals surface area contributed by atoms with Crippen molar-refractivity contribution in [3.63, 3.8) is 0 Å². The second-order valence-corrected chi connectivity index (χ2v) is 4.78. The maximum absolute atomic E-state index is 13.6. The molecule has 0 aliphatic heterocycles. The van der Waals surface area contributed by atoms with Gasteiger partial charge in [0, 0.05) is 11.6 Å². The summed E-state index contributed by atoms with van der Waals surface area (Å²) in [6, 6.07) is 11.1. The van der Waals surface area contributed by atoms with Crippen LogP contribution in [0.2, 0.25) is 0 Å². The second-order valence-electron chi connectivity index (χ2n) is 4.78. The Hall–Kier alpha value is -2.49. The van der Waals surface area contributed by atoms with Gasteiger partial charge in [-0.3, -0.25) is 9.59 Å². The van der Waals surface area contributed by atoms with Crippen LogP contribution in [-0.4, -0.2) is 18.2 Å². The molecule has 0 fully saturated rings. The molecule has 2 aromatic carbocycles. The molecule has 3 nitrogen and oxygen atoms in total. The van der Waals surface area contributed by atoms with Crippen LogP contribution in [0.15, 0.2) is 42.5 Å². The molecule has 0 saturated carbocycles. The van der Waals surface area contributed by atoms with Crippen molar-refractivity contribution in [2.45, 2.75) is 13.8 Å². The average molecular weight is 286 g/mol. The predicted octanol–water partition coefficient (Wildman–Crippen LogP) is 3.60. The normalized spacial score (nSPS) is 10.2. The quantitative estimate of drug-likeness (QED) is 0.789. The van der Waals surface area contributed by atoms with Crippen molar-refractivity contribution in [3.8, 4) is 5.75 Å². The Kier molecular flexibility index (Phi) is 4.48. The number of aryl methyl sites for hydroxylation is 1. The number of ether oxygens (including phenoxy) is 1. The van der Waals surface area contributed by atoms with Crippen LogP contribution in [-0.2, 0) is 0 Å². The summed E-state index contributed by atoms with van der Waals surface area (Å²) >= 11 is 0. The maximum atomic E-state index is 13.6. The fourth-order valence-corrected chi connectivity index (χ4v) is 1.84. The third kappa shape index (κ3) is 3.75. The molecule has 0 unspecified atom stereocenters. The minimum Gasteiger partial charge on any atom is -0.485 e. The Morgan fingerprint density at radius 2 is 1.76 bits per heavy atom. The number of halogens is 1. The first-order valence-corrected chi connectivity index (χ1v) is 6.50. The van der Waals surface area contributed by atoms with E-state index in [0.717, 1.165) is 11.6 Å². The molecule has 0 heterocycles. The van der Waals surface area contributed by atoms with E-state index in [9.17, 15) is 14.0 Å². The Morgan fingerprint density at radius 1 is 1.10 bits per heavy atom. The third-order valence-corrected chi connectivity index (χ3v) is 3.06. The van der Waals surface area contributed by atoms with Crippen molar-refractivity contribution >= 4 is 11.6 Å². The van der Waals surface area contributed by atoms with Crippen LogP contribution in [0, 0.1) is 12.7 Å². The maximum Gasteiger partial charge on any atom is 0.200 e. The molecule has 0 aromatic heterocycles. The van der Waals surface area contributed by atoms with Crippen LogP contribution in [0.1, 0.15) is 33.2 Å². The standard InChI is InChI=1S/C17H15FO3/c1-11-3-5-13(6-4-11)17(20)10-21-14-7-8-15(12(2)19)16(18)9-14/h3-9H,10H2,1-2H3. The van der Waals surface area contributed by atoms with Crippen LogP contribution >= 0.6 is 0 Å². The molecule has 108 valence electrons. The van der Waals surface area contributed by atoms with E-state index >= 15 is 0 Å². The van der Waals surface area contributed by atoms with E-state index in [2.05, 4.69) is 0 Å². The second kappa shape index (κ2) is 6.31. The van der Waals surface area contributed by atoms with Crippen LogP contribution in [0.25, 0.3) is 0 Å². The van der Waals surface area contributed by atoms with Crippen LogP contribution in [0.3, 0.4) is 0 Å². The van der Waals surface area contributed by atoms with E-state index in [1.807, 2.05) is 19.1 Å². The first kappa shape index (κ1) is 14.9. The lowest BCUT2D eigenvalue weighted by Crippen LogP contribution is -2.11. The average Bonchev–Trinajstić information content (AvgIpc) is 2.45. The van der Waals surface area contributed by atoms with Crippen LogP contribution in [0.5, 0.6) is 5.75 Å². The van der Waals surface area contributed by atoms with Crippen molar-refractivity contribution in [1.29, 1.82) is 0 Å². The Labute approximate surface area is 122 Å². The van der Waals surface area contributed by atoms with Gasteiger partial charge in [-0.05, 0) is 26.0 Å². The van der Waals surface area contributed by atoms with Gasteiger partial charge < -0.3 is 4.74 Å². The summed E-state index contributed by atoms with van der Waals surface area (Å²) in [4.78, 5) is 23.0. The smallest absolute Gasteiger partial charge is 0.200 e. The number of ketones is 2. The van der Waals surface area contributed by atoms with Crippen LogP contribution in [0.4, 0.5) is 4.39 Å². The molecule has 0 saturated heterocycles. The molecule has 0 radical (unpaired) electrons. The van der Waals surface area contributed by atoms with Crippen molar-refractivity contribution < 1.29 is 18.7 Å². The van der Waals surface area contributed by atoms with E-state index in [4.69, 9.17) is 4.74 Å². The largest absolute Gasteiger partial charge is 0.485 e. The Morgan fingerprint density at radius 3 is 2.33 bits per heavy atom. The summed E-state index contributed by atoms with van der Waals surface area (Å²) in [5.74, 6) is -0.971. The van der Waals surface area contributed by atoms with Crippen molar-refractivity contribution in [3.05, 3.63) is 65.0 Å². The number of benzene rings is 2. The number of carbonyl (C=O) groups excluding carboxylic acids is 2. The van der Waals surface area contributed by atoms with Gasteiger partial charge in [-0.15, -0.1) is 0 Å². The molecule has 0 aliphatic rings.